The average Bonchev–Trinajstić information content (AvgIpc) is 2.87. The van der Waals surface area contributed by atoms with E-state index in [9.17, 15) is 0 Å². The monoisotopic (exact) mass is 259 g/mol. The van der Waals surface area contributed by atoms with E-state index in [0.717, 1.165) is 18.7 Å². The molecule has 0 amide bonds. The smallest absolute Gasteiger partial charge is 0.0905 e. The summed E-state index contributed by atoms with van der Waals surface area (Å²) in [5.74, 6) is 0.606. The van der Waals surface area contributed by atoms with Crippen LogP contribution in [0.25, 0.3) is 0 Å². The van der Waals surface area contributed by atoms with Crippen LogP contribution < -0.4 is 0 Å². The molecule has 1 aromatic carbocycles. The Kier molecular flexibility index (Phi) is 5.10. The predicted octanol–water partition coefficient (Wildman–Crippen LogP) is 3.04. The minimum atomic E-state index is 0.554. The number of hydrogen-bond acceptors (Lipinski definition) is 3. The highest BCUT2D eigenvalue weighted by atomic mass is 16.5. The van der Waals surface area contributed by atoms with E-state index in [1.54, 1.807) is 6.20 Å². The van der Waals surface area contributed by atoms with Crippen molar-refractivity contribution < 1.29 is 4.74 Å². The molecule has 1 unspecified atom stereocenters. The molecule has 1 aromatic heterocycles. The molecule has 102 valence electrons. The lowest BCUT2D eigenvalue weighted by Gasteiger charge is -2.11. The van der Waals surface area contributed by atoms with Gasteiger partial charge in [-0.25, -0.2) is 4.68 Å². The second-order valence-corrected chi connectivity index (χ2v) is 4.90. The molecule has 0 radical (unpaired) electrons. The van der Waals surface area contributed by atoms with Crippen LogP contribution in [-0.2, 0) is 24.5 Å². The van der Waals surface area contributed by atoms with Gasteiger partial charge in [-0.3, -0.25) is 0 Å². The first-order valence-electron chi connectivity index (χ1n) is 6.78. The number of rotatable bonds is 7. The van der Waals surface area contributed by atoms with Gasteiger partial charge >= 0.3 is 0 Å². The number of ether oxygens (including phenoxy) is 1. The fourth-order valence-electron chi connectivity index (χ4n) is 1.82. The first-order chi connectivity index (χ1) is 9.29. The van der Waals surface area contributed by atoms with Crippen LogP contribution in [0.5, 0.6) is 0 Å². The molecule has 0 aliphatic rings. The van der Waals surface area contributed by atoms with Crippen molar-refractivity contribution in [2.45, 2.75) is 40.0 Å². The molecule has 0 saturated carbocycles. The highest BCUT2D eigenvalue weighted by molar-refractivity contribution is 5.13. The number of nitrogens with zero attached hydrogens (tertiary/aromatic N) is 3. The molecule has 2 aromatic rings. The van der Waals surface area contributed by atoms with Crippen LogP contribution in [0.15, 0.2) is 36.5 Å². The van der Waals surface area contributed by atoms with Crippen LogP contribution in [0.4, 0.5) is 0 Å². The topological polar surface area (TPSA) is 39.9 Å². The van der Waals surface area contributed by atoms with Crippen LogP contribution in [0.3, 0.4) is 0 Å². The quantitative estimate of drug-likeness (QED) is 0.767. The Morgan fingerprint density at radius 1 is 1.21 bits per heavy atom. The predicted molar refractivity (Wildman–Crippen MR) is 74.4 cm³/mol. The van der Waals surface area contributed by atoms with Crippen molar-refractivity contribution in [3.05, 3.63) is 47.8 Å². The van der Waals surface area contributed by atoms with Crippen LogP contribution in [0.2, 0.25) is 0 Å². The Balaban J connectivity index is 1.84. The highest BCUT2D eigenvalue weighted by Crippen LogP contribution is 2.09. The highest BCUT2D eigenvalue weighted by Gasteiger charge is 2.07. The summed E-state index contributed by atoms with van der Waals surface area (Å²) in [6.45, 7) is 6.48. The van der Waals surface area contributed by atoms with Crippen LogP contribution in [0.1, 0.15) is 31.5 Å². The maximum atomic E-state index is 5.72. The van der Waals surface area contributed by atoms with Gasteiger partial charge in [0.2, 0.25) is 0 Å². The molecule has 19 heavy (non-hydrogen) atoms. The van der Waals surface area contributed by atoms with Crippen molar-refractivity contribution in [3.63, 3.8) is 0 Å². The second kappa shape index (κ2) is 7.04. The van der Waals surface area contributed by atoms with E-state index < -0.39 is 0 Å². The van der Waals surface area contributed by atoms with Gasteiger partial charge in [0, 0.05) is 6.54 Å². The van der Waals surface area contributed by atoms with E-state index in [1.165, 1.54) is 5.56 Å². The van der Waals surface area contributed by atoms with Crippen molar-refractivity contribution in [1.82, 2.24) is 15.0 Å². The first-order valence-corrected chi connectivity index (χ1v) is 6.78. The Labute approximate surface area is 114 Å². The molecule has 0 N–H and O–H groups in total. The zero-order valence-electron chi connectivity index (χ0n) is 11.6. The number of aromatic nitrogens is 3. The van der Waals surface area contributed by atoms with E-state index >= 15 is 0 Å². The van der Waals surface area contributed by atoms with Crippen molar-refractivity contribution in [1.29, 1.82) is 0 Å². The zero-order chi connectivity index (χ0) is 13.5. The summed E-state index contributed by atoms with van der Waals surface area (Å²) in [6, 6.07) is 10.2. The fourth-order valence-corrected chi connectivity index (χ4v) is 1.82. The lowest BCUT2D eigenvalue weighted by atomic mass is 10.1. The van der Waals surface area contributed by atoms with Gasteiger partial charge in [-0.2, -0.15) is 0 Å². The van der Waals surface area contributed by atoms with Gasteiger partial charge in [0.05, 0.1) is 25.1 Å². The van der Waals surface area contributed by atoms with Gasteiger partial charge in [-0.1, -0.05) is 55.8 Å². The Morgan fingerprint density at radius 3 is 2.74 bits per heavy atom. The summed E-state index contributed by atoms with van der Waals surface area (Å²) in [4.78, 5) is 0. The molecule has 4 heteroatoms. The maximum absolute atomic E-state index is 5.72. The summed E-state index contributed by atoms with van der Waals surface area (Å²) < 4.78 is 7.66. The molecule has 0 saturated heterocycles. The number of hydrogen-bond donors (Lipinski definition) is 0. The van der Waals surface area contributed by atoms with E-state index in [2.05, 4.69) is 36.3 Å². The van der Waals surface area contributed by atoms with E-state index in [-0.39, 0.29) is 0 Å². The Morgan fingerprint density at radius 2 is 2.00 bits per heavy atom. The second-order valence-electron chi connectivity index (χ2n) is 4.90. The Bertz CT molecular complexity index is 481. The minimum Gasteiger partial charge on any atom is -0.370 e. The van der Waals surface area contributed by atoms with Crippen molar-refractivity contribution in [3.8, 4) is 0 Å². The molecular weight excluding hydrogens is 238 g/mol. The molecule has 0 bridgehead atoms. The lowest BCUT2D eigenvalue weighted by Crippen LogP contribution is -2.12. The van der Waals surface area contributed by atoms with Crippen LogP contribution in [0, 0.1) is 5.92 Å². The molecule has 2 rings (SSSR count). The van der Waals surface area contributed by atoms with Crippen LogP contribution >= 0.6 is 0 Å². The molecular formula is C15H21N3O. The molecule has 4 nitrogen and oxygen atoms in total. The molecule has 0 aliphatic carbocycles. The fraction of sp³-hybridized carbons (Fsp3) is 0.467. The van der Waals surface area contributed by atoms with Crippen molar-refractivity contribution in [2.75, 3.05) is 0 Å². The third kappa shape index (κ3) is 4.17. The molecule has 0 spiro atoms. The first kappa shape index (κ1) is 13.7. The summed E-state index contributed by atoms with van der Waals surface area (Å²) in [5, 5.41) is 8.08. The standard InChI is InChI=1S/C15H21N3O/c1-3-13(2)10-18-15(9-16-17-18)12-19-11-14-7-5-4-6-8-14/h4-9,13H,3,10-12H2,1-2H3. The zero-order valence-corrected chi connectivity index (χ0v) is 11.6. The minimum absolute atomic E-state index is 0.554. The van der Waals surface area contributed by atoms with Crippen molar-refractivity contribution >= 4 is 0 Å². The largest absolute Gasteiger partial charge is 0.370 e. The van der Waals surface area contributed by atoms with Gasteiger partial charge in [0.1, 0.15) is 0 Å². The van der Waals surface area contributed by atoms with Gasteiger partial charge in [0.15, 0.2) is 0 Å². The molecule has 1 atom stereocenters. The van der Waals surface area contributed by atoms with Gasteiger partial charge < -0.3 is 4.74 Å². The SMILES string of the molecule is CCC(C)Cn1nncc1COCc1ccccc1. The van der Waals surface area contributed by atoms with E-state index in [1.807, 2.05) is 22.9 Å². The van der Waals surface area contributed by atoms with Gasteiger partial charge in [-0.15, -0.1) is 5.10 Å². The normalized spacial score (nSPS) is 12.5. The number of benzene rings is 1. The third-order valence-corrected chi connectivity index (χ3v) is 3.24. The third-order valence-electron chi connectivity index (χ3n) is 3.24. The van der Waals surface area contributed by atoms with E-state index in [4.69, 9.17) is 4.74 Å². The van der Waals surface area contributed by atoms with Crippen LogP contribution in [-0.4, -0.2) is 15.0 Å². The summed E-state index contributed by atoms with van der Waals surface area (Å²) in [7, 11) is 0. The van der Waals surface area contributed by atoms with Crippen molar-refractivity contribution in [2.24, 2.45) is 5.92 Å². The van der Waals surface area contributed by atoms with E-state index in [0.29, 0.717) is 19.1 Å². The lowest BCUT2D eigenvalue weighted by molar-refractivity contribution is 0.100. The van der Waals surface area contributed by atoms with Gasteiger partial charge in [0.25, 0.3) is 0 Å². The van der Waals surface area contributed by atoms with Gasteiger partial charge in [-0.05, 0) is 11.5 Å². The molecule has 0 fully saturated rings. The summed E-state index contributed by atoms with van der Waals surface area (Å²) >= 11 is 0. The summed E-state index contributed by atoms with van der Waals surface area (Å²) in [5.41, 5.74) is 2.22. The average molecular weight is 259 g/mol. The maximum Gasteiger partial charge on any atom is 0.0905 e. The molecule has 1 heterocycles. The molecule has 0 aliphatic heterocycles. The Hall–Kier alpha value is -1.68. The summed E-state index contributed by atoms with van der Waals surface area (Å²) in [6.07, 6.45) is 2.93.